The Labute approximate surface area is 140 Å². The van der Waals surface area contributed by atoms with Crippen LogP contribution in [0, 0.1) is 20.8 Å². The maximum atomic E-state index is 5.27. The largest absolute Gasteiger partial charge is 0.361 e. The number of hydrogen-bond acceptors (Lipinski definition) is 6. The molecule has 0 amide bonds. The summed E-state index contributed by atoms with van der Waals surface area (Å²) in [4.78, 5) is 9.39. The maximum Gasteiger partial charge on any atom is 0.154 e. The lowest BCUT2D eigenvalue weighted by Gasteiger charge is -2.35. The molecule has 0 N–H and O–H groups in total. The molecule has 4 heterocycles. The summed E-state index contributed by atoms with van der Waals surface area (Å²) in [7, 11) is 0. The average Bonchev–Trinajstić information content (AvgIpc) is 3.11. The fourth-order valence-electron chi connectivity index (χ4n) is 3.34. The van der Waals surface area contributed by atoms with Gasteiger partial charge in [0.2, 0.25) is 0 Å². The first-order chi connectivity index (χ1) is 11.6. The van der Waals surface area contributed by atoms with Crippen LogP contribution in [0.25, 0.3) is 5.52 Å². The van der Waals surface area contributed by atoms with Gasteiger partial charge >= 0.3 is 0 Å². The lowest BCUT2D eigenvalue weighted by Crippen LogP contribution is -2.46. The first-order valence-electron chi connectivity index (χ1n) is 8.32. The lowest BCUT2D eigenvalue weighted by atomic mass is 10.2. The molecule has 3 aromatic rings. The third-order valence-corrected chi connectivity index (χ3v) is 4.73. The summed E-state index contributed by atoms with van der Waals surface area (Å²) in [5.41, 5.74) is 4.31. The van der Waals surface area contributed by atoms with Crippen molar-refractivity contribution in [2.45, 2.75) is 27.3 Å². The van der Waals surface area contributed by atoms with E-state index in [1.165, 1.54) is 5.56 Å². The van der Waals surface area contributed by atoms with Crippen molar-refractivity contribution in [3.05, 3.63) is 41.2 Å². The van der Waals surface area contributed by atoms with Gasteiger partial charge in [-0.25, -0.2) is 9.50 Å². The predicted molar refractivity (Wildman–Crippen MR) is 91.2 cm³/mol. The third kappa shape index (κ3) is 2.65. The zero-order chi connectivity index (χ0) is 16.7. The summed E-state index contributed by atoms with van der Waals surface area (Å²) in [5, 5.41) is 8.52. The number of aromatic nitrogens is 4. The SMILES string of the molecule is Cc1cc2c(N3CCN(Cc4c(C)noc4C)CC3)nccn2n1. The van der Waals surface area contributed by atoms with E-state index in [-0.39, 0.29) is 0 Å². The minimum atomic E-state index is 0.901. The second kappa shape index (κ2) is 5.90. The van der Waals surface area contributed by atoms with Gasteiger partial charge in [0.1, 0.15) is 11.3 Å². The van der Waals surface area contributed by atoms with Crippen LogP contribution >= 0.6 is 0 Å². The summed E-state index contributed by atoms with van der Waals surface area (Å²) >= 11 is 0. The van der Waals surface area contributed by atoms with Crippen molar-refractivity contribution in [3.63, 3.8) is 0 Å². The molecule has 0 atom stereocenters. The minimum absolute atomic E-state index is 0.901. The molecule has 7 heteroatoms. The Morgan fingerprint density at radius 2 is 1.92 bits per heavy atom. The fourth-order valence-corrected chi connectivity index (χ4v) is 3.34. The molecule has 1 fully saturated rings. The van der Waals surface area contributed by atoms with Gasteiger partial charge in [0.15, 0.2) is 5.82 Å². The van der Waals surface area contributed by atoms with E-state index in [1.54, 1.807) is 0 Å². The van der Waals surface area contributed by atoms with E-state index < -0.39 is 0 Å². The van der Waals surface area contributed by atoms with E-state index in [2.05, 4.69) is 31.1 Å². The van der Waals surface area contributed by atoms with Crippen molar-refractivity contribution >= 4 is 11.3 Å². The Kier molecular flexibility index (Phi) is 3.72. The van der Waals surface area contributed by atoms with Crippen LogP contribution in [0.4, 0.5) is 5.82 Å². The van der Waals surface area contributed by atoms with Gasteiger partial charge in [-0.15, -0.1) is 0 Å². The predicted octanol–water partition coefficient (Wildman–Crippen LogP) is 1.96. The van der Waals surface area contributed by atoms with Crippen molar-refractivity contribution in [2.24, 2.45) is 0 Å². The van der Waals surface area contributed by atoms with Gasteiger partial charge in [-0.3, -0.25) is 4.90 Å². The molecule has 0 aromatic carbocycles. The molecule has 0 saturated carbocycles. The highest BCUT2D eigenvalue weighted by Crippen LogP contribution is 2.22. The van der Waals surface area contributed by atoms with Crippen molar-refractivity contribution in [3.8, 4) is 0 Å². The number of rotatable bonds is 3. The number of piperazine rings is 1. The molecule has 0 bridgehead atoms. The quantitative estimate of drug-likeness (QED) is 0.733. The first-order valence-corrected chi connectivity index (χ1v) is 8.32. The van der Waals surface area contributed by atoms with Crippen LogP contribution in [0.3, 0.4) is 0 Å². The maximum absolute atomic E-state index is 5.27. The van der Waals surface area contributed by atoms with E-state index in [9.17, 15) is 0 Å². The number of nitrogens with zero attached hydrogens (tertiary/aromatic N) is 6. The molecule has 126 valence electrons. The smallest absolute Gasteiger partial charge is 0.154 e. The molecule has 0 spiro atoms. The highest BCUT2D eigenvalue weighted by Gasteiger charge is 2.22. The Morgan fingerprint density at radius 1 is 1.12 bits per heavy atom. The number of aryl methyl sites for hydroxylation is 3. The second-order valence-corrected chi connectivity index (χ2v) is 6.43. The molecule has 0 radical (unpaired) electrons. The Balaban J connectivity index is 1.48. The van der Waals surface area contributed by atoms with Crippen LogP contribution in [0.2, 0.25) is 0 Å². The molecule has 7 nitrogen and oxygen atoms in total. The van der Waals surface area contributed by atoms with Crippen LogP contribution in [0.15, 0.2) is 23.0 Å². The van der Waals surface area contributed by atoms with Crippen molar-refractivity contribution in [2.75, 3.05) is 31.1 Å². The Hall–Kier alpha value is -2.41. The molecular formula is C17H22N6O. The van der Waals surface area contributed by atoms with Crippen molar-refractivity contribution in [1.82, 2.24) is 24.7 Å². The summed E-state index contributed by atoms with van der Waals surface area (Å²) in [6.45, 7) is 10.8. The van der Waals surface area contributed by atoms with E-state index in [0.717, 1.165) is 61.2 Å². The van der Waals surface area contributed by atoms with E-state index in [1.807, 2.05) is 37.7 Å². The molecule has 3 aromatic heterocycles. The normalized spacial score (nSPS) is 16.2. The average molecular weight is 326 g/mol. The molecule has 1 aliphatic heterocycles. The Morgan fingerprint density at radius 3 is 2.62 bits per heavy atom. The van der Waals surface area contributed by atoms with Gasteiger partial charge in [-0.2, -0.15) is 5.10 Å². The number of hydrogen-bond donors (Lipinski definition) is 0. The monoisotopic (exact) mass is 326 g/mol. The Bertz CT molecular complexity index is 840. The summed E-state index contributed by atoms with van der Waals surface area (Å²) < 4.78 is 7.18. The first kappa shape index (κ1) is 15.1. The fraction of sp³-hybridized carbons (Fsp3) is 0.471. The van der Waals surface area contributed by atoms with Crippen LogP contribution in [-0.4, -0.2) is 50.8 Å². The van der Waals surface area contributed by atoms with Crippen molar-refractivity contribution in [1.29, 1.82) is 0 Å². The standard InChI is InChI=1S/C17H22N6O/c1-12-10-16-17(18-4-5-23(16)19-12)22-8-6-21(7-9-22)11-15-13(2)20-24-14(15)3/h4-5,10H,6-9,11H2,1-3H3. The molecule has 1 aliphatic rings. The van der Waals surface area contributed by atoms with Gasteiger partial charge in [0.05, 0.1) is 11.4 Å². The topological polar surface area (TPSA) is 62.7 Å². The highest BCUT2D eigenvalue weighted by molar-refractivity contribution is 5.69. The lowest BCUT2D eigenvalue weighted by molar-refractivity contribution is 0.247. The molecule has 24 heavy (non-hydrogen) atoms. The van der Waals surface area contributed by atoms with E-state index in [0.29, 0.717) is 0 Å². The third-order valence-electron chi connectivity index (χ3n) is 4.73. The zero-order valence-electron chi connectivity index (χ0n) is 14.4. The molecule has 4 rings (SSSR count). The second-order valence-electron chi connectivity index (χ2n) is 6.43. The van der Waals surface area contributed by atoms with Gasteiger partial charge in [0, 0.05) is 50.7 Å². The summed E-state index contributed by atoms with van der Waals surface area (Å²) in [6.07, 6.45) is 3.73. The van der Waals surface area contributed by atoms with Crippen molar-refractivity contribution < 1.29 is 4.52 Å². The van der Waals surface area contributed by atoms with E-state index in [4.69, 9.17) is 4.52 Å². The van der Waals surface area contributed by atoms with Gasteiger partial charge in [-0.05, 0) is 26.8 Å². The van der Waals surface area contributed by atoms with Crippen LogP contribution in [0.1, 0.15) is 22.7 Å². The number of fused-ring (bicyclic) bond motifs is 1. The number of anilines is 1. The van der Waals surface area contributed by atoms with Crippen LogP contribution in [-0.2, 0) is 6.54 Å². The molecular weight excluding hydrogens is 304 g/mol. The molecule has 0 unspecified atom stereocenters. The molecule has 1 saturated heterocycles. The van der Waals surface area contributed by atoms with Gasteiger partial charge in [0.25, 0.3) is 0 Å². The summed E-state index contributed by atoms with van der Waals surface area (Å²) in [6, 6.07) is 2.10. The van der Waals surface area contributed by atoms with Crippen LogP contribution < -0.4 is 4.90 Å². The van der Waals surface area contributed by atoms with Gasteiger partial charge in [-0.1, -0.05) is 5.16 Å². The summed E-state index contributed by atoms with van der Waals surface area (Å²) in [5.74, 6) is 1.95. The minimum Gasteiger partial charge on any atom is -0.361 e. The van der Waals surface area contributed by atoms with Crippen LogP contribution in [0.5, 0.6) is 0 Å². The highest BCUT2D eigenvalue weighted by atomic mass is 16.5. The molecule has 0 aliphatic carbocycles. The zero-order valence-corrected chi connectivity index (χ0v) is 14.4. The van der Waals surface area contributed by atoms with Gasteiger partial charge < -0.3 is 9.42 Å². The van der Waals surface area contributed by atoms with E-state index >= 15 is 0 Å².